The number of carbonyl (C=O) groups excluding carboxylic acids is 1. The smallest absolute Gasteiger partial charge is 0.278 e. The minimum Gasteiger partial charge on any atom is -0.467 e. The van der Waals surface area contributed by atoms with Crippen molar-refractivity contribution < 1.29 is 14.3 Å². The van der Waals surface area contributed by atoms with Crippen LogP contribution in [0.1, 0.15) is 36.2 Å². The molecule has 0 radical (unpaired) electrons. The molecule has 0 fully saturated rings. The summed E-state index contributed by atoms with van der Waals surface area (Å²) < 4.78 is 11.3. The molecule has 1 heterocycles. The number of amides is 1. The molecule has 0 atom stereocenters. The van der Waals surface area contributed by atoms with Gasteiger partial charge in [-0.25, -0.2) is 10.4 Å². The van der Waals surface area contributed by atoms with Gasteiger partial charge in [0.25, 0.3) is 5.91 Å². The molecule has 0 bridgehead atoms. The lowest BCUT2D eigenvalue weighted by Crippen LogP contribution is -2.25. The van der Waals surface area contributed by atoms with Gasteiger partial charge in [0.05, 0.1) is 18.5 Å². The number of rotatable bonds is 10. The quantitative estimate of drug-likeness (QED) is 0.406. The van der Waals surface area contributed by atoms with Crippen molar-refractivity contribution in [2.45, 2.75) is 27.4 Å². The Morgan fingerprint density at radius 2 is 2.00 bits per heavy atom. The number of nitrogens with zero attached hydrogens (tertiary/aromatic N) is 4. The number of hydrogen-bond acceptors (Lipinski definition) is 7. The zero-order chi connectivity index (χ0) is 22.8. The lowest BCUT2D eigenvalue weighted by atomic mass is 10.1. The first-order valence-electron chi connectivity index (χ1n) is 9.82. The third-order valence-electron chi connectivity index (χ3n) is 4.53. The van der Waals surface area contributed by atoms with Crippen molar-refractivity contribution >= 4 is 33.7 Å². The van der Waals surface area contributed by atoms with E-state index in [0.29, 0.717) is 15.7 Å². The number of anilines is 1. The number of pyridine rings is 1. The second-order valence-electron chi connectivity index (χ2n) is 6.56. The molecule has 1 N–H and O–H groups in total. The highest BCUT2D eigenvalue weighted by Gasteiger charge is 2.18. The molecule has 2 aromatic rings. The number of aromatic nitrogens is 1. The monoisotopic (exact) mass is 487 g/mol. The number of hydrogen-bond donors (Lipinski definition) is 1. The molecule has 1 amide bonds. The molecule has 9 heteroatoms. The zero-order valence-electron chi connectivity index (χ0n) is 18.1. The number of halogens is 1. The first kappa shape index (κ1) is 24.3. The molecule has 8 nitrogen and oxygen atoms in total. The molecule has 2 rings (SSSR count). The Kier molecular flexibility index (Phi) is 9.43. The average molecular weight is 488 g/mol. The number of nitriles is 1. The Morgan fingerprint density at radius 1 is 1.32 bits per heavy atom. The fourth-order valence-corrected chi connectivity index (χ4v) is 3.32. The number of methoxy groups -OCH3 is 1. The highest BCUT2D eigenvalue weighted by molar-refractivity contribution is 9.10. The Hall–Kier alpha value is -2.96. The summed E-state index contributed by atoms with van der Waals surface area (Å²) in [5.41, 5.74) is 5.89. The minimum absolute atomic E-state index is 0.0846. The van der Waals surface area contributed by atoms with Crippen molar-refractivity contribution in [2.75, 3.05) is 31.7 Å². The van der Waals surface area contributed by atoms with Gasteiger partial charge in [0.1, 0.15) is 11.6 Å². The Labute approximate surface area is 191 Å². The van der Waals surface area contributed by atoms with Gasteiger partial charge >= 0.3 is 0 Å². The zero-order valence-corrected chi connectivity index (χ0v) is 19.7. The number of ether oxygens (including phenoxy) is 2. The third kappa shape index (κ3) is 6.51. The largest absolute Gasteiger partial charge is 0.467 e. The third-order valence-corrected chi connectivity index (χ3v) is 5.58. The van der Waals surface area contributed by atoms with Crippen LogP contribution in [0.25, 0.3) is 0 Å². The van der Waals surface area contributed by atoms with Gasteiger partial charge in [-0.2, -0.15) is 10.4 Å². The number of carbonyl (C=O) groups is 1. The summed E-state index contributed by atoms with van der Waals surface area (Å²) in [6.45, 7) is 7.76. The van der Waals surface area contributed by atoms with Gasteiger partial charge < -0.3 is 14.4 Å². The van der Waals surface area contributed by atoms with Crippen LogP contribution in [0.2, 0.25) is 0 Å². The maximum Gasteiger partial charge on any atom is 0.278 e. The summed E-state index contributed by atoms with van der Waals surface area (Å²) in [5.74, 6) is -0.378. The summed E-state index contributed by atoms with van der Waals surface area (Å²) in [6.07, 6.45) is 1.56. The van der Waals surface area contributed by atoms with Crippen molar-refractivity contribution in [1.82, 2.24) is 10.4 Å². The maximum atomic E-state index is 12.1. The molecule has 0 aliphatic heterocycles. The van der Waals surface area contributed by atoms with E-state index in [1.165, 1.54) is 7.11 Å². The molecule has 0 spiro atoms. The standard InChI is InChI=1S/C22H26BrN5O3/c1-5-28(6-2)17-9-7-16(8-10-17)12-25-27-20(29)14-31-22-18(11-24)19(13-30-4)21(23)15(3)26-22/h7-10,12H,5-6,13-14H2,1-4H3,(H,27,29). The lowest BCUT2D eigenvalue weighted by Gasteiger charge is -2.20. The maximum absolute atomic E-state index is 12.1. The summed E-state index contributed by atoms with van der Waals surface area (Å²) in [5, 5.41) is 13.4. The van der Waals surface area contributed by atoms with Crippen molar-refractivity contribution in [3.05, 3.63) is 51.1 Å². The van der Waals surface area contributed by atoms with Crippen molar-refractivity contribution in [1.29, 1.82) is 5.26 Å². The van der Waals surface area contributed by atoms with Gasteiger partial charge in [0.2, 0.25) is 5.88 Å². The van der Waals surface area contributed by atoms with E-state index >= 15 is 0 Å². The van der Waals surface area contributed by atoms with E-state index in [4.69, 9.17) is 9.47 Å². The van der Waals surface area contributed by atoms with Crippen LogP contribution in [0.15, 0.2) is 33.8 Å². The average Bonchev–Trinajstić information content (AvgIpc) is 2.77. The molecular formula is C22H26BrN5O3. The van der Waals surface area contributed by atoms with Crippen molar-refractivity contribution in [3.63, 3.8) is 0 Å². The number of benzene rings is 1. The summed E-state index contributed by atoms with van der Waals surface area (Å²) in [4.78, 5) is 18.6. The van der Waals surface area contributed by atoms with Gasteiger partial charge in [-0.1, -0.05) is 12.1 Å². The van der Waals surface area contributed by atoms with Crippen LogP contribution in [-0.4, -0.2) is 43.9 Å². The van der Waals surface area contributed by atoms with E-state index in [1.807, 2.05) is 24.3 Å². The molecule has 0 unspecified atom stereocenters. The summed E-state index contributed by atoms with van der Waals surface area (Å²) in [6, 6.07) is 9.97. The summed E-state index contributed by atoms with van der Waals surface area (Å²) >= 11 is 3.41. The van der Waals surface area contributed by atoms with Gasteiger partial charge in [0, 0.05) is 35.9 Å². The van der Waals surface area contributed by atoms with Crippen LogP contribution < -0.4 is 15.1 Å². The topological polar surface area (TPSA) is 99.8 Å². The Balaban J connectivity index is 1.98. The molecule has 0 aliphatic carbocycles. The van der Waals surface area contributed by atoms with Crippen LogP contribution >= 0.6 is 15.9 Å². The first-order valence-corrected chi connectivity index (χ1v) is 10.6. The van der Waals surface area contributed by atoms with Gasteiger partial charge in [-0.05, 0) is 54.4 Å². The number of aryl methyl sites for hydroxylation is 1. The second-order valence-corrected chi connectivity index (χ2v) is 7.35. The Bertz CT molecular complexity index is 967. The predicted molar refractivity (Wildman–Crippen MR) is 123 cm³/mol. The second kappa shape index (κ2) is 12.0. The predicted octanol–water partition coefficient (Wildman–Crippen LogP) is 3.55. The van der Waals surface area contributed by atoms with Gasteiger partial charge in [-0.15, -0.1) is 0 Å². The molecule has 0 aliphatic rings. The highest BCUT2D eigenvalue weighted by Crippen LogP contribution is 2.29. The number of hydrazone groups is 1. The molecule has 164 valence electrons. The SMILES string of the molecule is CCN(CC)c1ccc(C=NNC(=O)COc2nc(C)c(Br)c(COC)c2C#N)cc1. The molecular weight excluding hydrogens is 462 g/mol. The van der Waals surface area contributed by atoms with Gasteiger partial charge in [0.15, 0.2) is 6.61 Å². The fourth-order valence-electron chi connectivity index (χ4n) is 2.92. The first-order chi connectivity index (χ1) is 14.9. The fraction of sp³-hybridized carbons (Fsp3) is 0.364. The Morgan fingerprint density at radius 3 is 2.58 bits per heavy atom. The van der Waals surface area contributed by atoms with Crippen LogP contribution in [0.5, 0.6) is 5.88 Å². The van der Waals surface area contributed by atoms with Crippen LogP contribution in [0.3, 0.4) is 0 Å². The van der Waals surface area contributed by atoms with E-state index in [9.17, 15) is 10.1 Å². The lowest BCUT2D eigenvalue weighted by molar-refractivity contribution is -0.123. The number of nitrogens with one attached hydrogen (secondary N) is 1. The van der Waals surface area contributed by atoms with Gasteiger partial charge in [-0.3, -0.25) is 4.79 Å². The van der Waals surface area contributed by atoms with Crippen molar-refractivity contribution in [2.24, 2.45) is 5.10 Å². The normalized spacial score (nSPS) is 10.7. The molecule has 1 aromatic heterocycles. The van der Waals surface area contributed by atoms with Crippen LogP contribution in [0, 0.1) is 18.3 Å². The van der Waals surface area contributed by atoms with E-state index in [-0.39, 0.29) is 24.7 Å². The van der Waals surface area contributed by atoms with E-state index in [1.54, 1.807) is 13.1 Å². The highest BCUT2D eigenvalue weighted by atomic mass is 79.9. The minimum atomic E-state index is -0.462. The molecule has 31 heavy (non-hydrogen) atoms. The van der Waals surface area contributed by atoms with E-state index in [0.717, 1.165) is 24.3 Å². The molecule has 0 saturated heterocycles. The van der Waals surface area contributed by atoms with Crippen LogP contribution in [0.4, 0.5) is 5.69 Å². The van der Waals surface area contributed by atoms with E-state index < -0.39 is 5.91 Å². The van der Waals surface area contributed by atoms with Crippen molar-refractivity contribution in [3.8, 4) is 11.9 Å². The van der Waals surface area contributed by atoms with Crippen LogP contribution in [-0.2, 0) is 16.1 Å². The molecule has 1 aromatic carbocycles. The summed E-state index contributed by atoms with van der Waals surface area (Å²) in [7, 11) is 1.53. The molecule has 0 saturated carbocycles. The van der Waals surface area contributed by atoms with E-state index in [2.05, 4.69) is 56.3 Å².